The van der Waals surface area contributed by atoms with E-state index < -0.39 is 5.91 Å². The summed E-state index contributed by atoms with van der Waals surface area (Å²) >= 11 is 12.3. The fourth-order valence-electron chi connectivity index (χ4n) is 2.42. The Kier molecular flexibility index (Phi) is 5.55. The van der Waals surface area contributed by atoms with Gasteiger partial charge in [-0.3, -0.25) is 14.5 Å². The van der Waals surface area contributed by atoms with E-state index in [4.69, 9.17) is 23.2 Å². The van der Waals surface area contributed by atoms with Gasteiger partial charge in [-0.15, -0.1) is 6.26 Å². The summed E-state index contributed by atoms with van der Waals surface area (Å²) in [6.07, 6.45) is 1.16. The minimum Gasteiger partial charge on any atom is -0.877 e. The summed E-state index contributed by atoms with van der Waals surface area (Å²) < 4.78 is 0. The second-order valence-electron chi connectivity index (χ2n) is 4.64. The first-order valence-corrected chi connectivity index (χ1v) is 7.04. The van der Waals surface area contributed by atoms with E-state index in [9.17, 15) is 14.7 Å². The Labute approximate surface area is 164 Å². The smallest absolute Gasteiger partial charge is 0.877 e. The van der Waals surface area contributed by atoms with Gasteiger partial charge >= 0.3 is 29.6 Å². The van der Waals surface area contributed by atoms with Gasteiger partial charge in [0.1, 0.15) is 6.29 Å². The van der Waals surface area contributed by atoms with Crippen molar-refractivity contribution >= 4 is 52.3 Å². The van der Waals surface area contributed by atoms with Crippen molar-refractivity contribution in [2.75, 3.05) is 4.90 Å². The molecule has 3 rings (SSSR count). The first kappa shape index (κ1) is 18.0. The molecule has 2 aromatic rings. The van der Waals surface area contributed by atoms with Crippen molar-refractivity contribution in [1.29, 1.82) is 0 Å². The molecule has 1 aliphatic heterocycles. The normalized spacial score (nSPS) is 14.6. The zero-order chi connectivity index (χ0) is 15.9. The number of hydrogen-bond acceptors (Lipinski definition) is 3. The summed E-state index contributed by atoms with van der Waals surface area (Å²) in [7, 11) is 0. The predicted molar refractivity (Wildman–Crippen MR) is 83.4 cm³/mol. The van der Waals surface area contributed by atoms with E-state index >= 15 is 0 Å². The maximum absolute atomic E-state index is 12.6. The molecule has 0 fully saturated rings. The van der Waals surface area contributed by atoms with Crippen LogP contribution in [0.1, 0.15) is 15.9 Å². The van der Waals surface area contributed by atoms with Gasteiger partial charge in [-0.2, -0.15) is 0 Å². The molecule has 7 heteroatoms. The number of nitrogens with zero attached hydrogens (tertiary/aromatic N) is 1. The van der Waals surface area contributed by atoms with E-state index in [0.717, 1.165) is 0 Å². The quantitative estimate of drug-likeness (QED) is 0.334. The molecule has 23 heavy (non-hydrogen) atoms. The van der Waals surface area contributed by atoms with Crippen LogP contribution in [0.2, 0.25) is 10.0 Å². The number of rotatable bonds is 2. The Bertz CT molecular complexity index is 816. The zero-order valence-corrected chi connectivity index (χ0v) is 15.6. The van der Waals surface area contributed by atoms with E-state index in [1.165, 1.54) is 11.0 Å². The molecule has 0 bridgehead atoms. The van der Waals surface area contributed by atoms with Crippen LogP contribution < -0.4 is 39.6 Å². The van der Waals surface area contributed by atoms with Gasteiger partial charge in [-0.05, 0) is 18.2 Å². The Morgan fingerprint density at radius 1 is 1.09 bits per heavy atom. The number of fused-ring (bicyclic) bond motifs is 1. The molecule has 1 heterocycles. The third-order valence-electron chi connectivity index (χ3n) is 3.40. The second-order valence-corrected chi connectivity index (χ2v) is 5.45. The van der Waals surface area contributed by atoms with Crippen molar-refractivity contribution in [3.63, 3.8) is 0 Å². The van der Waals surface area contributed by atoms with Gasteiger partial charge in [-0.1, -0.05) is 41.4 Å². The number of halogens is 2. The van der Waals surface area contributed by atoms with Crippen LogP contribution in [-0.2, 0) is 4.79 Å². The van der Waals surface area contributed by atoms with Crippen LogP contribution in [0.3, 0.4) is 0 Å². The Hall–Kier alpha value is -1.30. The summed E-state index contributed by atoms with van der Waals surface area (Å²) in [6.45, 7) is 0. The summed E-state index contributed by atoms with van der Waals surface area (Å²) in [4.78, 5) is 24.8. The van der Waals surface area contributed by atoms with E-state index in [-0.39, 0.29) is 50.9 Å². The van der Waals surface area contributed by atoms with Crippen LogP contribution in [0.5, 0.6) is 0 Å². The van der Waals surface area contributed by atoms with Crippen LogP contribution in [0.4, 0.5) is 11.4 Å². The molecule has 1 amide bonds. The number of hydrogen-bond donors (Lipinski definition) is 0. The Morgan fingerprint density at radius 2 is 1.74 bits per heavy atom. The minimum absolute atomic E-state index is 0. The number of carbonyl (C=O) groups excluding carboxylic acids is 2. The third-order valence-corrected chi connectivity index (χ3v) is 4.01. The molecule has 0 aliphatic carbocycles. The number of benzene rings is 2. The zero-order valence-electron chi connectivity index (χ0n) is 12.0. The van der Waals surface area contributed by atoms with E-state index in [1.807, 2.05) is 0 Å². The van der Waals surface area contributed by atoms with Crippen LogP contribution in [0.15, 0.2) is 42.7 Å². The molecule has 0 saturated heterocycles. The molecular weight excluding hydrogens is 348 g/mol. The first-order valence-electron chi connectivity index (χ1n) is 6.28. The molecule has 1 aliphatic rings. The maximum Gasteiger partial charge on any atom is 1.00 e. The van der Waals surface area contributed by atoms with Crippen LogP contribution in [-0.4, -0.2) is 12.2 Å². The number of anilines is 2. The fourth-order valence-corrected chi connectivity index (χ4v) is 2.98. The van der Waals surface area contributed by atoms with Crippen LogP contribution in [0, 0.1) is 0 Å². The average Bonchev–Trinajstić information content (AvgIpc) is 2.78. The second kappa shape index (κ2) is 7.07. The van der Waals surface area contributed by atoms with Gasteiger partial charge < -0.3 is 5.11 Å². The van der Waals surface area contributed by atoms with Gasteiger partial charge in [0.25, 0.3) is 5.91 Å². The van der Waals surface area contributed by atoms with Gasteiger partial charge in [0.15, 0.2) is 0 Å². The molecule has 0 spiro atoms. The summed E-state index contributed by atoms with van der Waals surface area (Å²) in [5.74, 6) is -0.525. The SMILES string of the molecule is O=Cc1ccc2c(c1)N(c1c(Cl)cccc1Cl)C(=O)/C2=C/[O-].[Na+]. The van der Waals surface area contributed by atoms with Crippen LogP contribution >= 0.6 is 23.2 Å². The number of para-hydroxylation sites is 1. The van der Waals surface area contributed by atoms with Crippen molar-refractivity contribution in [2.24, 2.45) is 0 Å². The molecule has 0 atom stereocenters. The van der Waals surface area contributed by atoms with Crippen molar-refractivity contribution < 1.29 is 44.3 Å². The standard InChI is InChI=1S/C16H9Cl2NO3.Na/c17-12-2-1-3-13(18)15(12)19-14-6-9(7-20)4-5-10(14)11(8-21)16(19)22;/h1-8,21H;/q;+1/p-1/b11-8+;. The summed E-state index contributed by atoms with van der Waals surface area (Å²) in [5.41, 5.74) is 1.53. The van der Waals surface area contributed by atoms with Crippen molar-refractivity contribution in [2.45, 2.75) is 0 Å². The van der Waals surface area contributed by atoms with E-state index in [0.29, 0.717) is 29.4 Å². The maximum atomic E-state index is 12.6. The molecule has 0 N–H and O–H groups in total. The van der Waals surface area contributed by atoms with E-state index in [1.54, 1.807) is 30.3 Å². The molecular formula is C16H8Cl2NNaO3. The topological polar surface area (TPSA) is 60.4 Å². The molecule has 2 aromatic carbocycles. The molecule has 0 saturated carbocycles. The van der Waals surface area contributed by atoms with Crippen molar-refractivity contribution in [3.8, 4) is 0 Å². The van der Waals surface area contributed by atoms with Crippen LogP contribution in [0.25, 0.3) is 5.57 Å². The minimum atomic E-state index is -0.525. The molecule has 0 aromatic heterocycles. The number of amides is 1. The summed E-state index contributed by atoms with van der Waals surface area (Å²) in [6, 6.07) is 9.47. The van der Waals surface area contributed by atoms with Crippen molar-refractivity contribution in [3.05, 3.63) is 63.8 Å². The van der Waals surface area contributed by atoms with Gasteiger partial charge in [0.05, 0.1) is 21.4 Å². The molecule has 0 unspecified atom stereocenters. The molecule has 0 radical (unpaired) electrons. The monoisotopic (exact) mass is 355 g/mol. The number of carbonyl (C=O) groups is 2. The van der Waals surface area contributed by atoms with Gasteiger partial charge in [0, 0.05) is 16.7 Å². The van der Waals surface area contributed by atoms with Gasteiger partial charge in [0.2, 0.25) is 0 Å². The Morgan fingerprint density at radius 3 is 2.30 bits per heavy atom. The third kappa shape index (κ3) is 2.93. The molecule has 4 nitrogen and oxygen atoms in total. The average molecular weight is 356 g/mol. The first-order chi connectivity index (χ1) is 10.6. The largest absolute Gasteiger partial charge is 1.00 e. The number of aldehydes is 1. The van der Waals surface area contributed by atoms with Crippen molar-refractivity contribution in [1.82, 2.24) is 0 Å². The molecule has 110 valence electrons. The Balaban J connectivity index is 0.00000192. The summed E-state index contributed by atoms with van der Waals surface area (Å²) in [5, 5.41) is 11.8. The fraction of sp³-hybridized carbons (Fsp3) is 0. The predicted octanol–water partition coefficient (Wildman–Crippen LogP) is 0.189. The van der Waals surface area contributed by atoms with Gasteiger partial charge in [-0.25, -0.2) is 0 Å². The van der Waals surface area contributed by atoms with E-state index in [2.05, 4.69) is 0 Å².